The number of alkyl halides is 3. The Balaban J connectivity index is 2.16. The molecule has 2 unspecified atom stereocenters. The Labute approximate surface area is 172 Å². The molecule has 10 heteroatoms. The molecule has 0 saturated heterocycles. The lowest BCUT2D eigenvalue weighted by Crippen LogP contribution is -2.44. The summed E-state index contributed by atoms with van der Waals surface area (Å²) < 4.78 is 39.6. The van der Waals surface area contributed by atoms with Crippen LogP contribution in [0.1, 0.15) is 33.1 Å². The van der Waals surface area contributed by atoms with Crippen molar-refractivity contribution in [3.63, 3.8) is 0 Å². The fourth-order valence-electron chi connectivity index (χ4n) is 3.52. The first-order chi connectivity index (χ1) is 13.5. The van der Waals surface area contributed by atoms with Gasteiger partial charge in [-0.2, -0.15) is 18.3 Å². The Morgan fingerprint density at radius 1 is 1.41 bits per heavy atom. The molecule has 0 N–H and O–H groups in total. The summed E-state index contributed by atoms with van der Waals surface area (Å²) in [4.78, 5) is 26.7. The summed E-state index contributed by atoms with van der Waals surface area (Å²) in [6.07, 6.45) is 0.951. The maximum Gasteiger partial charge on any atom is 0.471 e. The number of amides is 2. The Morgan fingerprint density at radius 2 is 2.07 bits per heavy atom. The van der Waals surface area contributed by atoms with Gasteiger partial charge in [-0.3, -0.25) is 9.59 Å². The molecule has 1 saturated carbocycles. The van der Waals surface area contributed by atoms with E-state index < -0.39 is 24.0 Å². The van der Waals surface area contributed by atoms with Crippen LogP contribution in [0.25, 0.3) is 5.70 Å². The van der Waals surface area contributed by atoms with E-state index in [0.29, 0.717) is 30.0 Å². The van der Waals surface area contributed by atoms with Gasteiger partial charge in [0.2, 0.25) is 5.91 Å². The molecule has 1 aliphatic carbocycles. The molecule has 1 aromatic rings. The number of anilines is 1. The number of allylic oxidation sites excluding steroid dienone is 3. The van der Waals surface area contributed by atoms with E-state index in [2.05, 4.69) is 11.7 Å². The number of carbonyl (C=O) groups excluding carboxylic acids is 2. The number of carbonyl (C=O) groups is 2. The summed E-state index contributed by atoms with van der Waals surface area (Å²) in [7, 11) is 1.13. The van der Waals surface area contributed by atoms with E-state index in [0.717, 1.165) is 12.7 Å². The predicted octanol–water partition coefficient (Wildman–Crippen LogP) is 4.13. The Hall–Kier alpha value is -2.29. The van der Waals surface area contributed by atoms with Crippen molar-refractivity contribution in [3.05, 3.63) is 30.1 Å². The van der Waals surface area contributed by atoms with E-state index in [1.54, 1.807) is 25.3 Å². The maximum atomic E-state index is 13.0. The van der Waals surface area contributed by atoms with Crippen LogP contribution in [0.4, 0.5) is 18.9 Å². The van der Waals surface area contributed by atoms with E-state index >= 15 is 0 Å². The van der Waals surface area contributed by atoms with Crippen molar-refractivity contribution in [1.29, 1.82) is 0 Å². The number of hydrogen-bond donors (Lipinski definition) is 0. The van der Waals surface area contributed by atoms with Gasteiger partial charge in [-0.25, -0.2) is 4.68 Å². The molecule has 2 amide bonds. The molecule has 0 aromatic carbocycles. The molecular formula is C19H24ClF3N4O2. The van der Waals surface area contributed by atoms with Gasteiger partial charge in [0.25, 0.3) is 0 Å². The average molecular weight is 433 g/mol. The minimum Gasteiger partial charge on any atom is -0.335 e. The Kier molecular flexibility index (Phi) is 7.15. The topological polar surface area (TPSA) is 58.4 Å². The zero-order chi connectivity index (χ0) is 21.9. The van der Waals surface area contributed by atoms with Gasteiger partial charge >= 0.3 is 12.1 Å². The summed E-state index contributed by atoms with van der Waals surface area (Å²) in [6, 6.07) is -0.632. The third-order valence-corrected chi connectivity index (χ3v) is 5.38. The number of aromatic nitrogens is 2. The van der Waals surface area contributed by atoms with E-state index in [4.69, 9.17) is 11.6 Å². The Morgan fingerprint density at radius 3 is 2.62 bits per heavy atom. The SMILES string of the molecule is C=CC=C(C)n1cc(N(CC)C(=O)C2CCC(N(C)C(=O)C(F)(F)F)C2)c(Cl)n1. The fourth-order valence-corrected chi connectivity index (χ4v) is 3.75. The normalized spacial score (nSPS) is 19.9. The highest BCUT2D eigenvalue weighted by molar-refractivity contribution is 6.32. The maximum absolute atomic E-state index is 13.0. The van der Waals surface area contributed by atoms with Gasteiger partial charge in [0.05, 0.1) is 6.20 Å². The molecule has 1 heterocycles. The van der Waals surface area contributed by atoms with E-state index in [1.807, 2.05) is 6.92 Å². The van der Waals surface area contributed by atoms with Crippen LogP contribution in [-0.2, 0) is 9.59 Å². The molecule has 1 fully saturated rings. The summed E-state index contributed by atoms with van der Waals surface area (Å²) in [6.45, 7) is 7.54. The van der Waals surface area contributed by atoms with Crippen molar-refractivity contribution in [1.82, 2.24) is 14.7 Å². The predicted molar refractivity (Wildman–Crippen MR) is 105 cm³/mol. The molecule has 6 nitrogen and oxygen atoms in total. The molecular weight excluding hydrogens is 409 g/mol. The molecule has 1 aromatic heterocycles. The molecule has 160 valence electrons. The molecule has 0 spiro atoms. The van der Waals surface area contributed by atoms with Gasteiger partial charge in [0.1, 0.15) is 5.69 Å². The third-order valence-electron chi connectivity index (χ3n) is 5.11. The van der Waals surface area contributed by atoms with Crippen LogP contribution in [0.15, 0.2) is 24.9 Å². The van der Waals surface area contributed by atoms with Gasteiger partial charge in [-0.1, -0.05) is 24.3 Å². The minimum atomic E-state index is -4.93. The molecule has 0 bridgehead atoms. The smallest absolute Gasteiger partial charge is 0.335 e. The molecule has 0 aliphatic heterocycles. The van der Waals surface area contributed by atoms with Gasteiger partial charge in [-0.05, 0) is 39.2 Å². The first-order valence-electron chi connectivity index (χ1n) is 9.21. The van der Waals surface area contributed by atoms with Crippen molar-refractivity contribution in [3.8, 4) is 0 Å². The minimum absolute atomic E-state index is 0.149. The van der Waals surface area contributed by atoms with Crippen LogP contribution in [0.2, 0.25) is 5.15 Å². The summed E-state index contributed by atoms with van der Waals surface area (Å²) >= 11 is 6.23. The van der Waals surface area contributed by atoms with Crippen LogP contribution < -0.4 is 4.90 Å². The highest BCUT2D eigenvalue weighted by atomic mass is 35.5. The van der Waals surface area contributed by atoms with Crippen molar-refractivity contribution in [2.24, 2.45) is 5.92 Å². The third kappa shape index (κ3) is 5.01. The molecule has 0 radical (unpaired) electrons. The number of halogens is 4. The Bertz CT molecular complexity index is 819. The van der Waals surface area contributed by atoms with Crippen molar-refractivity contribution in [2.45, 2.75) is 45.3 Å². The lowest BCUT2D eigenvalue weighted by Gasteiger charge is -2.26. The molecule has 29 heavy (non-hydrogen) atoms. The monoisotopic (exact) mass is 432 g/mol. The number of rotatable bonds is 6. The highest BCUT2D eigenvalue weighted by Crippen LogP contribution is 2.35. The standard InChI is InChI=1S/C19H24ClF3N4O2/c1-5-7-12(3)27-11-15(16(20)24-27)26(6-2)17(28)13-8-9-14(10-13)25(4)18(29)19(21,22)23/h5,7,11,13-14H,1,6,8-10H2,2-4H3. The number of nitrogens with zero attached hydrogens (tertiary/aromatic N) is 4. The molecule has 2 atom stereocenters. The van der Waals surface area contributed by atoms with Crippen LogP contribution in [0.3, 0.4) is 0 Å². The second-order valence-electron chi connectivity index (χ2n) is 6.95. The van der Waals surface area contributed by atoms with Gasteiger partial charge in [0.15, 0.2) is 5.15 Å². The largest absolute Gasteiger partial charge is 0.471 e. The van der Waals surface area contributed by atoms with Crippen molar-refractivity contribution >= 4 is 34.8 Å². The van der Waals surface area contributed by atoms with Crippen LogP contribution in [0, 0.1) is 5.92 Å². The first kappa shape index (κ1) is 23.0. The van der Waals surface area contributed by atoms with Crippen LogP contribution >= 0.6 is 11.6 Å². The molecule has 2 rings (SSSR count). The molecule has 1 aliphatic rings. The zero-order valence-corrected chi connectivity index (χ0v) is 17.3. The van der Waals surface area contributed by atoms with Gasteiger partial charge in [0, 0.05) is 31.2 Å². The van der Waals surface area contributed by atoms with Gasteiger partial charge in [-0.15, -0.1) is 0 Å². The fraction of sp³-hybridized carbons (Fsp3) is 0.526. The van der Waals surface area contributed by atoms with Gasteiger partial charge < -0.3 is 9.80 Å². The second-order valence-corrected chi connectivity index (χ2v) is 7.31. The first-order valence-corrected chi connectivity index (χ1v) is 9.59. The van der Waals surface area contributed by atoms with Crippen molar-refractivity contribution in [2.75, 3.05) is 18.5 Å². The average Bonchev–Trinajstić information content (AvgIpc) is 3.28. The quantitative estimate of drug-likeness (QED) is 0.635. The second kappa shape index (κ2) is 9.02. The lowest BCUT2D eigenvalue weighted by atomic mass is 10.1. The zero-order valence-electron chi connectivity index (χ0n) is 16.5. The summed E-state index contributed by atoms with van der Waals surface area (Å²) in [5.74, 6) is -2.63. The number of hydrogen-bond acceptors (Lipinski definition) is 3. The lowest BCUT2D eigenvalue weighted by molar-refractivity contribution is -0.186. The summed E-state index contributed by atoms with van der Waals surface area (Å²) in [5.41, 5.74) is 1.18. The summed E-state index contributed by atoms with van der Waals surface area (Å²) in [5, 5.41) is 4.34. The van der Waals surface area contributed by atoms with Crippen LogP contribution in [0.5, 0.6) is 0 Å². The highest BCUT2D eigenvalue weighted by Gasteiger charge is 2.45. The van der Waals surface area contributed by atoms with E-state index in [1.165, 1.54) is 9.58 Å². The van der Waals surface area contributed by atoms with Crippen LogP contribution in [-0.4, -0.2) is 52.3 Å². The van der Waals surface area contributed by atoms with E-state index in [-0.39, 0.29) is 17.5 Å². The van der Waals surface area contributed by atoms with Crippen molar-refractivity contribution < 1.29 is 22.8 Å². The van der Waals surface area contributed by atoms with E-state index in [9.17, 15) is 22.8 Å².